The number of fused-ring (bicyclic) bond motifs is 1. The molecule has 0 spiro atoms. The monoisotopic (exact) mass is 424 g/mol. The molecule has 4 aromatic rings. The molecule has 0 unspecified atom stereocenters. The maximum absolute atomic E-state index is 13.8. The number of anilines is 2. The molecule has 1 fully saturated rings. The Morgan fingerprint density at radius 2 is 2.03 bits per heavy atom. The minimum absolute atomic E-state index is 0.0137. The van der Waals surface area contributed by atoms with Crippen LogP contribution in [-0.2, 0) is 4.79 Å². The van der Waals surface area contributed by atoms with Gasteiger partial charge in [-0.25, -0.2) is 14.4 Å². The van der Waals surface area contributed by atoms with Gasteiger partial charge in [0.1, 0.15) is 11.3 Å². The Morgan fingerprint density at radius 3 is 2.79 bits per heavy atom. The van der Waals surface area contributed by atoms with Crippen molar-refractivity contribution in [3.63, 3.8) is 0 Å². The lowest BCUT2D eigenvalue weighted by molar-refractivity contribution is -0.120. The second kappa shape index (κ2) is 7.20. The van der Waals surface area contributed by atoms with E-state index in [1.165, 1.54) is 17.4 Å². The van der Waals surface area contributed by atoms with Crippen molar-refractivity contribution < 1.29 is 9.18 Å². The summed E-state index contributed by atoms with van der Waals surface area (Å²) in [5.74, 6) is -0.438. The van der Waals surface area contributed by atoms with Gasteiger partial charge in [0.25, 0.3) is 0 Å². The van der Waals surface area contributed by atoms with Crippen LogP contribution in [0.25, 0.3) is 21.5 Å². The minimum Gasteiger partial charge on any atom is -0.346 e. The third-order valence-electron chi connectivity index (χ3n) is 4.93. The molecule has 3 heterocycles. The number of carbonyl (C=O) groups is 1. The number of nitrogens with zero attached hydrogens (tertiary/aromatic N) is 3. The number of carbonyl (C=O) groups excluding carboxylic acids is 1. The average Bonchev–Trinajstić information content (AvgIpc) is 3.28. The second-order valence-electron chi connectivity index (χ2n) is 7.01. The van der Waals surface area contributed by atoms with Crippen LogP contribution in [0.3, 0.4) is 0 Å². The van der Waals surface area contributed by atoms with Crippen LogP contribution in [0.5, 0.6) is 0 Å². The highest BCUT2D eigenvalue weighted by atomic mass is 32.1. The molecule has 8 heteroatoms. The molecule has 1 N–H and O–H groups in total. The van der Waals surface area contributed by atoms with Crippen LogP contribution in [0, 0.1) is 18.7 Å². The van der Waals surface area contributed by atoms with Crippen LogP contribution >= 0.6 is 22.7 Å². The zero-order chi connectivity index (χ0) is 20.0. The van der Waals surface area contributed by atoms with Crippen molar-refractivity contribution in [2.75, 3.05) is 23.3 Å². The zero-order valence-electron chi connectivity index (χ0n) is 15.6. The van der Waals surface area contributed by atoms with Crippen LogP contribution in [0.1, 0.15) is 5.01 Å². The largest absolute Gasteiger partial charge is 0.346 e. The second-order valence-corrected chi connectivity index (χ2v) is 9.08. The summed E-state index contributed by atoms with van der Waals surface area (Å²) in [5.41, 5.74) is 3.06. The van der Waals surface area contributed by atoms with Crippen molar-refractivity contribution in [2.24, 2.45) is 5.92 Å². The molecule has 1 aliphatic heterocycles. The number of hydrogen-bond acceptors (Lipinski definition) is 6. The van der Waals surface area contributed by atoms with E-state index in [2.05, 4.69) is 15.3 Å². The highest BCUT2D eigenvalue weighted by molar-refractivity contribution is 7.22. The number of rotatable bonds is 4. The third kappa shape index (κ3) is 3.49. The molecule has 0 bridgehead atoms. The number of halogens is 1. The molecule has 1 amide bonds. The van der Waals surface area contributed by atoms with E-state index in [1.54, 1.807) is 17.4 Å². The third-order valence-corrected chi connectivity index (χ3v) is 6.78. The summed E-state index contributed by atoms with van der Waals surface area (Å²) in [7, 11) is 0. The number of para-hydroxylation sites is 1. The molecule has 0 saturated carbocycles. The van der Waals surface area contributed by atoms with Gasteiger partial charge in [0.05, 0.1) is 21.3 Å². The van der Waals surface area contributed by atoms with Crippen molar-refractivity contribution in [3.8, 4) is 11.3 Å². The lowest BCUT2D eigenvalue weighted by Gasteiger charge is -2.37. The van der Waals surface area contributed by atoms with Gasteiger partial charge in [-0.2, -0.15) is 0 Å². The fraction of sp³-hybridized carbons (Fsp3) is 0.190. The SMILES string of the molecule is Cc1nc(-c2cccc(NC(=O)C3CN(c4nc5c(F)cccc5s4)C3)c2)cs1. The number of thiazole rings is 2. The lowest BCUT2D eigenvalue weighted by Crippen LogP contribution is -2.52. The molecule has 29 heavy (non-hydrogen) atoms. The van der Waals surface area contributed by atoms with E-state index >= 15 is 0 Å². The van der Waals surface area contributed by atoms with Gasteiger partial charge in [0.2, 0.25) is 5.91 Å². The van der Waals surface area contributed by atoms with Crippen molar-refractivity contribution in [2.45, 2.75) is 6.92 Å². The van der Waals surface area contributed by atoms with E-state index in [1.807, 2.05) is 47.5 Å². The highest BCUT2D eigenvalue weighted by Gasteiger charge is 2.34. The predicted octanol–water partition coefficient (Wildman–Crippen LogP) is 4.94. The molecule has 0 aliphatic carbocycles. The Kier molecular flexibility index (Phi) is 4.52. The van der Waals surface area contributed by atoms with Crippen LogP contribution < -0.4 is 10.2 Å². The van der Waals surface area contributed by atoms with Crippen LogP contribution in [0.15, 0.2) is 47.8 Å². The molecule has 2 aromatic carbocycles. The molecular weight excluding hydrogens is 407 g/mol. The smallest absolute Gasteiger partial charge is 0.231 e. The Morgan fingerprint density at radius 1 is 1.21 bits per heavy atom. The molecule has 5 rings (SSSR count). The topological polar surface area (TPSA) is 58.1 Å². The first-order valence-electron chi connectivity index (χ1n) is 9.20. The number of hydrogen-bond donors (Lipinski definition) is 1. The first-order valence-corrected chi connectivity index (χ1v) is 10.9. The normalized spacial score (nSPS) is 14.2. The maximum atomic E-state index is 13.8. The summed E-state index contributed by atoms with van der Waals surface area (Å²) in [6, 6.07) is 12.7. The zero-order valence-corrected chi connectivity index (χ0v) is 17.2. The summed E-state index contributed by atoms with van der Waals surface area (Å²) >= 11 is 3.06. The Balaban J connectivity index is 1.24. The number of aromatic nitrogens is 2. The first-order chi connectivity index (χ1) is 14.1. The van der Waals surface area contributed by atoms with Gasteiger partial charge in [0, 0.05) is 29.7 Å². The van der Waals surface area contributed by atoms with Gasteiger partial charge in [0.15, 0.2) is 5.13 Å². The molecular formula is C21H17FN4OS2. The van der Waals surface area contributed by atoms with Crippen LogP contribution in [-0.4, -0.2) is 29.0 Å². The van der Waals surface area contributed by atoms with Gasteiger partial charge < -0.3 is 10.2 Å². The van der Waals surface area contributed by atoms with Gasteiger partial charge in [-0.3, -0.25) is 4.79 Å². The first kappa shape index (κ1) is 18.2. The summed E-state index contributed by atoms with van der Waals surface area (Å²) in [6.07, 6.45) is 0. The molecule has 0 atom stereocenters. The van der Waals surface area contributed by atoms with Gasteiger partial charge in [-0.1, -0.05) is 29.5 Å². The Bertz CT molecular complexity index is 1210. The quantitative estimate of drug-likeness (QED) is 0.504. The number of aryl methyl sites for hydroxylation is 1. The summed E-state index contributed by atoms with van der Waals surface area (Å²) in [5, 5.41) is 6.79. The van der Waals surface area contributed by atoms with Crippen molar-refractivity contribution >= 4 is 49.6 Å². The van der Waals surface area contributed by atoms with Crippen molar-refractivity contribution in [1.29, 1.82) is 0 Å². The molecule has 5 nitrogen and oxygen atoms in total. The summed E-state index contributed by atoms with van der Waals surface area (Å²) < 4.78 is 14.7. The number of benzene rings is 2. The molecule has 0 radical (unpaired) electrons. The van der Waals surface area contributed by atoms with Crippen molar-refractivity contribution in [1.82, 2.24) is 9.97 Å². The van der Waals surface area contributed by atoms with E-state index in [0.29, 0.717) is 18.6 Å². The molecule has 146 valence electrons. The fourth-order valence-corrected chi connectivity index (χ4v) is 4.96. The molecule has 2 aromatic heterocycles. The van der Waals surface area contributed by atoms with E-state index in [9.17, 15) is 9.18 Å². The predicted molar refractivity (Wildman–Crippen MR) is 116 cm³/mol. The Labute approximate surface area is 174 Å². The van der Waals surface area contributed by atoms with Gasteiger partial charge in [-0.15, -0.1) is 11.3 Å². The van der Waals surface area contributed by atoms with E-state index in [0.717, 1.165) is 31.8 Å². The molecule has 1 aliphatic rings. The van der Waals surface area contributed by atoms with Gasteiger partial charge >= 0.3 is 0 Å². The highest BCUT2D eigenvalue weighted by Crippen LogP contribution is 2.34. The molecule has 1 saturated heterocycles. The van der Waals surface area contributed by atoms with Crippen molar-refractivity contribution in [3.05, 3.63) is 58.7 Å². The van der Waals surface area contributed by atoms with E-state index < -0.39 is 0 Å². The Hall–Kier alpha value is -2.84. The summed E-state index contributed by atoms with van der Waals surface area (Å²) in [4.78, 5) is 23.5. The fourth-order valence-electron chi connectivity index (χ4n) is 3.34. The average molecular weight is 425 g/mol. The summed E-state index contributed by atoms with van der Waals surface area (Å²) in [6.45, 7) is 3.14. The van der Waals surface area contributed by atoms with E-state index in [-0.39, 0.29) is 17.6 Å². The lowest BCUT2D eigenvalue weighted by atomic mass is 10.00. The maximum Gasteiger partial charge on any atom is 0.231 e. The minimum atomic E-state index is -0.310. The van der Waals surface area contributed by atoms with E-state index in [4.69, 9.17) is 0 Å². The van der Waals surface area contributed by atoms with Crippen LogP contribution in [0.4, 0.5) is 15.2 Å². The van der Waals surface area contributed by atoms with Gasteiger partial charge in [-0.05, 0) is 31.2 Å². The number of nitrogens with one attached hydrogen (secondary N) is 1. The number of amides is 1. The van der Waals surface area contributed by atoms with Crippen LogP contribution in [0.2, 0.25) is 0 Å². The standard InChI is InChI=1S/C21H17FN4OS2/c1-12-23-17(11-28-12)13-4-2-5-15(8-13)24-20(27)14-9-26(10-14)21-25-19-16(22)6-3-7-18(19)29-21/h2-8,11,14H,9-10H2,1H3,(H,24,27).